The highest BCUT2D eigenvalue weighted by molar-refractivity contribution is 6.30. The first-order valence-corrected chi connectivity index (χ1v) is 11.1. The van der Waals surface area contributed by atoms with Crippen LogP contribution >= 0.6 is 11.6 Å². The van der Waals surface area contributed by atoms with Gasteiger partial charge in [0.05, 0.1) is 18.8 Å². The molecule has 29 heavy (non-hydrogen) atoms. The van der Waals surface area contributed by atoms with Crippen molar-refractivity contribution in [2.45, 2.75) is 50.4 Å². The van der Waals surface area contributed by atoms with Crippen molar-refractivity contribution in [2.75, 3.05) is 26.3 Å². The van der Waals surface area contributed by atoms with Gasteiger partial charge in [0.1, 0.15) is 0 Å². The smallest absolute Gasteiger partial charge is 0.0898 e. The van der Waals surface area contributed by atoms with Crippen molar-refractivity contribution in [1.82, 2.24) is 10.2 Å². The van der Waals surface area contributed by atoms with Gasteiger partial charge in [-0.2, -0.15) is 0 Å². The van der Waals surface area contributed by atoms with Crippen molar-refractivity contribution < 1.29 is 9.84 Å². The first kappa shape index (κ1) is 20.8. The van der Waals surface area contributed by atoms with Crippen LogP contribution in [0.2, 0.25) is 5.02 Å². The lowest BCUT2D eigenvalue weighted by Gasteiger charge is -2.37. The fraction of sp³-hybridized carbons (Fsp3) is 0.500. The maximum Gasteiger partial charge on any atom is 0.0898 e. The van der Waals surface area contributed by atoms with E-state index in [1.807, 2.05) is 24.3 Å². The standard InChI is InChI=1S/C24H31ClN2O2/c25-22-6-2-5-21(16-22)24(28)9-7-23(8-10-24)26-17-19-3-1-4-20(15-19)18-27-11-13-29-14-12-27/h1-6,15-16,23,26,28H,7-14,17-18H2. The summed E-state index contributed by atoms with van der Waals surface area (Å²) < 4.78 is 5.44. The Labute approximate surface area is 178 Å². The van der Waals surface area contributed by atoms with Gasteiger partial charge in [0, 0.05) is 37.2 Å². The molecule has 0 bridgehead atoms. The summed E-state index contributed by atoms with van der Waals surface area (Å²) in [5.41, 5.74) is 2.89. The number of nitrogens with zero attached hydrogens (tertiary/aromatic N) is 1. The van der Waals surface area contributed by atoms with Crippen LogP contribution in [-0.4, -0.2) is 42.4 Å². The molecular formula is C24H31ClN2O2. The van der Waals surface area contributed by atoms with Gasteiger partial charge >= 0.3 is 0 Å². The van der Waals surface area contributed by atoms with Crippen molar-refractivity contribution in [2.24, 2.45) is 0 Å². The van der Waals surface area contributed by atoms with E-state index in [0.29, 0.717) is 11.1 Å². The van der Waals surface area contributed by atoms with Gasteiger partial charge in [0.2, 0.25) is 0 Å². The van der Waals surface area contributed by atoms with E-state index in [4.69, 9.17) is 16.3 Å². The maximum atomic E-state index is 11.1. The van der Waals surface area contributed by atoms with E-state index in [9.17, 15) is 5.11 Å². The summed E-state index contributed by atoms with van der Waals surface area (Å²) in [4.78, 5) is 2.45. The Morgan fingerprint density at radius 2 is 1.76 bits per heavy atom. The summed E-state index contributed by atoms with van der Waals surface area (Å²) >= 11 is 6.11. The molecule has 2 aromatic carbocycles. The van der Waals surface area contributed by atoms with Crippen LogP contribution in [-0.2, 0) is 23.4 Å². The second-order valence-corrected chi connectivity index (χ2v) is 8.84. The summed E-state index contributed by atoms with van der Waals surface area (Å²) in [6, 6.07) is 17.0. The zero-order valence-electron chi connectivity index (χ0n) is 16.9. The van der Waals surface area contributed by atoms with Crippen LogP contribution in [0.5, 0.6) is 0 Å². The van der Waals surface area contributed by atoms with Crippen molar-refractivity contribution in [1.29, 1.82) is 0 Å². The van der Waals surface area contributed by atoms with Crippen LogP contribution in [0.3, 0.4) is 0 Å². The van der Waals surface area contributed by atoms with Gasteiger partial charge in [-0.15, -0.1) is 0 Å². The monoisotopic (exact) mass is 414 g/mol. The fourth-order valence-electron chi connectivity index (χ4n) is 4.48. The molecule has 2 fully saturated rings. The largest absolute Gasteiger partial charge is 0.385 e. The number of ether oxygens (including phenoxy) is 1. The Bertz CT molecular complexity index is 799. The molecule has 1 saturated carbocycles. The lowest BCUT2D eigenvalue weighted by molar-refractivity contribution is -0.00846. The van der Waals surface area contributed by atoms with Crippen LogP contribution in [0.25, 0.3) is 0 Å². The molecule has 4 nitrogen and oxygen atoms in total. The molecule has 0 spiro atoms. The number of benzene rings is 2. The van der Waals surface area contributed by atoms with Gasteiger partial charge in [-0.05, 0) is 54.5 Å². The number of nitrogens with one attached hydrogen (secondary N) is 1. The summed E-state index contributed by atoms with van der Waals surface area (Å²) in [6.07, 6.45) is 3.47. The van der Waals surface area contributed by atoms with Gasteiger partial charge in [0.25, 0.3) is 0 Å². The SMILES string of the molecule is OC1(c2cccc(Cl)c2)CCC(NCc2cccc(CN3CCOCC3)c2)CC1. The number of morpholine rings is 1. The molecule has 0 atom stereocenters. The van der Waals surface area contributed by atoms with Gasteiger partial charge in [-0.25, -0.2) is 0 Å². The highest BCUT2D eigenvalue weighted by Crippen LogP contribution is 2.37. The first-order chi connectivity index (χ1) is 14.1. The molecule has 4 rings (SSSR count). The number of hydrogen-bond donors (Lipinski definition) is 2. The van der Waals surface area contributed by atoms with Gasteiger partial charge < -0.3 is 15.2 Å². The summed E-state index contributed by atoms with van der Waals surface area (Å²) in [7, 11) is 0. The minimum absolute atomic E-state index is 0.442. The van der Waals surface area contributed by atoms with E-state index in [1.165, 1.54) is 11.1 Å². The highest BCUT2D eigenvalue weighted by atomic mass is 35.5. The molecule has 2 aromatic rings. The molecule has 0 amide bonds. The molecule has 156 valence electrons. The van der Waals surface area contributed by atoms with E-state index in [2.05, 4.69) is 34.5 Å². The van der Waals surface area contributed by atoms with Crippen molar-refractivity contribution in [3.05, 3.63) is 70.2 Å². The van der Waals surface area contributed by atoms with E-state index in [1.54, 1.807) is 0 Å². The molecule has 2 N–H and O–H groups in total. The Morgan fingerprint density at radius 1 is 1.03 bits per heavy atom. The molecule has 0 radical (unpaired) electrons. The third-order valence-electron chi connectivity index (χ3n) is 6.27. The molecular weight excluding hydrogens is 384 g/mol. The van der Waals surface area contributed by atoms with Gasteiger partial charge in [0.15, 0.2) is 0 Å². The van der Waals surface area contributed by atoms with Crippen LogP contribution in [0, 0.1) is 0 Å². The van der Waals surface area contributed by atoms with Crippen molar-refractivity contribution in [3.63, 3.8) is 0 Å². The third-order valence-corrected chi connectivity index (χ3v) is 6.51. The minimum atomic E-state index is -0.749. The second-order valence-electron chi connectivity index (χ2n) is 8.41. The lowest BCUT2D eigenvalue weighted by atomic mass is 9.78. The van der Waals surface area contributed by atoms with Gasteiger partial charge in [-0.3, -0.25) is 4.90 Å². The Balaban J connectivity index is 1.27. The minimum Gasteiger partial charge on any atom is -0.385 e. The number of rotatable bonds is 6. The molecule has 1 heterocycles. The molecule has 0 aromatic heterocycles. The topological polar surface area (TPSA) is 44.7 Å². The molecule has 0 unspecified atom stereocenters. The van der Waals surface area contributed by atoms with Crippen LogP contribution in [0.1, 0.15) is 42.4 Å². The van der Waals surface area contributed by atoms with Crippen LogP contribution < -0.4 is 5.32 Å². The zero-order valence-corrected chi connectivity index (χ0v) is 17.7. The Kier molecular flexibility index (Phi) is 6.88. The van der Waals surface area contributed by atoms with E-state index < -0.39 is 5.60 Å². The maximum absolute atomic E-state index is 11.1. The quantitative estimate of drug-likeness (QED) is 0.747. The average molecular weight is 415 g/mol. The molecule has 1 aliphatic carbocycles. The number of aliphatic hydroxyl groups is 1. The molecule has 2 aliphatic rings. The Hall–Kier alpha value is -1.43. The van der Waals surface area contributed by atoms with E-state index >= 15 is 0 Å². The normalized spacial score (nSPS) is 25.8. The Morgan fingerprint density at radius 3 is 2.52 bits per heavy atom. The van der Waals surface area contributed by atoms with Gasteiger partial charge in [-0.1, -0.05) is 48.0 Å². The summed E-state index contributed by atoms with van der Waals surface area (Å²) in [5, 5.41) is 15.4. The highest BCUT2D eigenvalue weighted by Gasteiger charge is 2.34. The second kappa shape index (κ2) is 9.59. The third kappa shape index (κ3) is 5.59. The lowest BCUT2D eigenvalue weighted by Crippen LogP contribution is -2.39. The summed E-state index contributed by atoms with van der Waals surface area (Å²) in [5.74, 6) is 0. The summed E-state index contributed by atoms with van der Waals surface area (Å²) in [6.45, 7) is 5.57. The molecule has 1 saturated heterocycles. The predicted octanol–water partition coefficient (Wildman–Crippen LogP) is 4.09. The van der Waals surface area contributed by atoms with Crippen LogP contribution in [0.15, 0.2) is 48.5 Å². The van der Waals surface area contributed by atoms with Crippen molar-refractivity contribution in [3.8, 4) is 0 Å². The number of halogens is 1. The van der Waals surface area contributed by atoms with Crippen molar-refractivity contribution >= 4 is 11.6 Å². The predicted molar refractivity (Wildman–Crippen MR) is 117 cm³/mol. The van der Waals surface area contributed by atoms with Crippen LogP contribution in [0.4, 0.5) is 0 Å². The zero-order chi connectivity index (χ0) is 20.1. The first-order valence-electron chi connectivity index (χ1n) is 10.7. The fourth-order valence-corrected chi connectivity index (χ4v) is 4.67. The van der Waals surface area contributed by atoms with E-state index in [-0.39, 0.29) is 0 Å². The molecule has 1 aliphatic heterocycles. The average Bonchev–Trinajstić information content (AvgIpc) is 2.74. The van der Waals surface area contributed by atoms with E-state index in [0.717, 1.165) is 70.6 Å². The number of hydrogen-bond acceptors (Lipinski definition) is 4. The molecule has 5 heteroatoms.